The van der Waals surface area contributed by atoms with Crippen LogP contribution in [0.1, 0.15) is 6.42 Å². The van der Waals surface area contributed by atoms with Gasteiger partial charge in [-0.25, -0.2) is 9.97 Å². The Balaban J connectivity index is 1.44. The molecule has 0 spiro atoms. The lowest BCUT2D eigenvalue weighted by Gasteiger charge is -2.11. The molecule has 3 heterocycles. The van der Waals surface area contributed by atoms with Crippen LogP contribution in [0.4, 0.5) is 22.9 Å². The highest BCUT2D eigenvalue weighted by Crippen LogP contribution is 2.29. The molecule has 4 N–H and O–H groups in total. The molecule has 28 heavy (non-hydrogen) atoms. The van der Waals surface area contributed by atoms with Gasteiger partial charge in [0.1, 0.15) is 5.82 Å². The van der Waals surface area contributed by atoms with Crippen LogP contribution in [-0.4, -0.2) is 32.6 Å². The van der Waals surface area contributed by atoms with Crippen molar-refractivity contribution >= 4 is 39.7 Å². The predicted molar refractivity (Wildman–Crippen MR) is 109 cm³/mol. The van der Waals surface area contributed by atoms with E-state index in [1.54, 1.807) is 12.4 Å². The highest BCUT2D eigenvalue weighted by Gasteiger charge is 2.14. The molecule has 138 valence electrons. The lowest BCUT2D eigenvalue weighted by atomic mass is 10.1. The quantitative estimate of drug-likeness (QED) is 0.439. The molecule has 1 amide bonds. The molecule has 8 nitrogen and oxygen atoms in total. The first-order chi connectivity index (χ1) is 13.7. The molecular formula is C20H17N7O. The molecule has 2 aromatic carbocycles. The Hall–Kier alpha value is -3.94. The number of aromatic nitrogens is 4. The molecule has 0 aliphatic carbocycles. The average molecular weight is 371 g/mol. The zero-order valence-corrected chi connectivity index (χ0v) is 14.9. The highest BCUT2D eigenvalue weighted by atomic mass is 16.1. The van der Waals surface area contributed by atoms with Gasteiger partial charge in [0.05, 0.1) is 23.1 Å². The minimum Gasteiger partial charge on any atom is -0.383 e. The smallest absolute Gasteiger partial charge is 0.226 e. The second kappa shape index (κ2) is 6.66. The summed E-state index contributed by atoms with van der Waals surface area (Å²) in [6.45, 7) is 0.598. The van der Waals surface area contributed by atoms with Crippen LogP contribution < -0.4 is 16.0 Å². The van der Waals surface area contributed by atoms with E-state index in [9.17, 15) is 4.79 Å². The largest absolute Gasteiger partial charge is 0.383 e. The molecule has 0 unspecified atom stereocenters. The SMILES string of the molecule is O=C1CCNc2cc(-c3nccc(Nc4ccc5[nH]ncc5c4)n3)ccc2N1. The molecule has 8 heteroatoms. The molecule has 4 aromatic rings. The van der Waals surface area contributed by atoms with Crippen molar-refractivity contribution in [2.24, 2.45) is 0 Å². The van der Waals surface area contributed by atoms with Crippen LogP contribution in [0, 0.1) is 0 Å². The molecular weight excluding hydrogens is 354 g/mol. The van der Waals surface area contributed by atoms with Crippen molar-refractivity contribution in [1.29, 1.82) is 0 Å². The van der Waals surface area contributed by atoms with E-state index >= 15 is 0 Å². The summed E-state index contributed by atoms with van der Waals surface area (Å²) in [6, 6.07) is 13.5. The second-order valence-electron chi connectivity index (χ2n) is 6.55. The van der Waals surface area contributed by atoms with Gasteiger partial charge in [0.15, 0.2) is 5.82 Å². The number of carbonyl (C=O) groups is 1. The number of amides is 1. The maximum Gasteiger partial charge on any atom is 0.226 e. The maximum atomic E-state index is 11.7. The van der Waals surface area contributed by atoms with Crippen molar-refractivity contribution in [2.45, 2.75) is 6.42 Å². The number of rotatable bonds is 3. The Kier molecular flexibility index (Phi) is 3.86. The minimum absolute atomic E-state index is 0.0102. The van der Waals surface area contributed by atoms with Gasteiger partial charge in [0.25, 0.3) is 0 Å². The Morgan fingerprint density at radius 1 is 1.04 bits per heavy atom. The van der Waals surface area contributed by atoms with Crippen LogP contribution in [0.5, 0.6) is 0 Å². The topological polar surface area (TPSA) is 108 Å². The Morgan fingerprint density at radius 2 is 2.00 bits per heavy atom. The number of aromatic amines is 1. The molecule has 0 saturated heterocycles. The third kappa shape index (κ3) is 3.11. The van der Waals surface area contributed by atoms with Crippen molar-refractivity contribution < 1.29 is 4.79 Å². The number of H-pyrrole nitrogens is 1. The van der Waals surface area contributed by atoms with Crippen LogP contribution in [-0.2, 0) is 4.79 Å². The number of nitrogens with zero attached hydrogens (tertiary/aromatic N) is 3. The van der Waals surface area contributed by atoms with E-state index in [1.165, 1.54) is 0 Å². The van der Waals surface area contributed by atoms with E-state index in [0.717, 1.165) is 33.5 Å². The molecule has 0 radical (unpaired) electrons. The number of benzene rings is 2. The van der Waals surface area contributed by atoms with Crippen LogP contribution in [0.25, 0.3) is 22.3 Å². The Morgan fingerprint density at radius 3 is 2.96 bits per heavy atom. The molecule has 0 fully saturated rings. The lowest BCUT2D eigenvalue weighted by Crippen LogP contribution is -2.10. The fraction of sp³-hybridized carbons (Fsp3) is 0.100. The molecule has 0 saturated carbocycles. The van der Waals surface area contributed by atoms with Crippen LogP contribution >= 0.6 is 0 Å². The zero-order chi connectivity index (χ0) is 18.9. The first kappa shape index (κ1) is 16.2. The zero-order valence-electron chi connectivity index (χ0n) is 14.9. The second-order valence-corrected chi connectivity index (χ2v) is 6.55. The van der Waals surface area contributed by atoms with Crippen molar-refractivity contribution in [2.75, 3.05) is 22.5 Å². The summed E-state index contributed by atoms with van der Waals surface area (Å²) in [6.07, 6.45) is 3.95. The summed E-state index contributed by atoms with van der Waals surface area (Å²) in [5.74, 6) is 1.31. The Bertz CT molecular complexity index is 1180. The lowest BCUT2D eigenvalue weighted by molar-refractivity contribution is -0.115. The van der Waals surface area contributed by atoms with Gasteiger partial charge in [-0.2, -0.15) is 5.10 Å². The average Bonchev–Trinajstić information content (AvgIpc) is 3.09. The summed E-state index contributed by atoms with van der Waals surface area (Å²) in [4.78, 5) is 20.7. The molecule has 2 aromatic heterocycles. The van der Waals surface area contributed by atoms with Crippen molar-refractivity contribution in [3.63, 3.8) is 0 Å². The van der Waals surface area contributed by atoms with Crippen molar-refractivity contribution in [3.05, 3.63) is 54.9 Å². The summed E-state index contributed by atoms with van der Waals surface area (Å²) in [5.41, 5.74) is 4.42. The van der Waals surface area contributed by atoms with Crippen molar-refractivity contribution in [1.82, 2.24) is 20.2 Å². The van der Waals surface area contributed by atoms with E-state index in [4.69, 9.17) is 0 Å². The van der Waals surface area contributed by atoms with E-state index in [-0.39, 0.29) is 5.91 Å². The molecule has 0 bridgehead atoms. The third-order valence-corrected chi connectivity index (χ3v) is 4.59. The molecule has 1 aliphatic heterocycles. The third-order valence-electron chi connectivity index (χ3n) is 4.59. The minimum atomic E-state index is 0.0102. The number of carbonyl (C=O) groups excluding carboxylic acids is 1. The molecule has 1 aliphatic rings. The molecule has 0 atom stereocenters. The number of nitrogens with one attached hydrogen (secondary N) is 4. The fourth-order valence-corrected chi connectivity index (χ4v) is 3.20. The van der Waals surface area contributed by atoms with Crippen LogP contribution in [0.15, 0.2) is 54.9 Å². The highest BCUT2D eigenvalue weighted by molar-refractivity contribution is 5.96. The van der Waals surface area contributed by atoms with E-state index in [2.05, 4.69) is 36.1 Å². The van der Waals surface area contributed by atoms with E-state index in [1.807, 2.05) is 42.5 Å². The number of hydrogen-bond acceptors (Lipinski definition) is 6. The maximum absolute atomic E-state index is 11.7. The summed E-state index contributed by atoms with van der Waals surface area (Å²) >= 11 is 0. The summed E-state index contributed by atoms with van der Waals surface area (Å²) < 4.78 is 0. The molecule has 5 rings (SSSR count). The number of fused-ring (bicyclic) bond motifs is 2. The van der Waals surface area contributed by atoms with Gasteiger partial charge in [-0.15, -0.1) is 0 Å². The first-order valence-electron chi connectivity index (χ1n) is 8.96. The van der Waals surface area contributed by atoms with Crippen LogP contribution in [0.3, 0.4) is 0 Å². The van der Waals surface area contributed by atoms with E-state index in [0.29, 0.717) is 24.6 Å². The van der Waals surface area contributed by atoms with Gasteiger partial charge < -0.3 is 16.0 Å². The van der Waals surface area contributed by atoms with Gasteiger partial charge in [-0.05, 0) is 42.5 Å². The predicted octanol–water partition coefficient (Wildman–Crippen LogP) is 3.52. The van der Waals surface area contributed by atoms with Gasteiger partial charge >= 0.3 is 0 Å². The van der Waals surface area contributed by atoms with E-state index < -0.39 is 0 Å². The van der Waals surface area contributed by atoms with Gasteiger partial charge in [-0.1, -0.05) is 0 Å². The van der Waals surface area contributed by atoms with Gasteiger partial charge in [0, 0.05) is 35.8 Å². The summed E-state index contributed by atoms with van der Waals surface area (Å²) in [5, 5.41) is 17.5. The van der Waals surface area contributed by atoms with Gasteiger partial charge in [0.2, 0.25) is 5.91 Å². The van der Waals surface area contributed by atoms with Gasteiger partial charge in [-0.3, -0.25) is 9.89 Å². The number of anilines is 4. The number of hydrogen-bond donors (Lipinski definition) is 4. The first-order valence-corrected chi connectivity index (χ1v) is 8.96. The normalized spacial score (nSPS) is 13.4. The van der Waals surface area contributed by atoms with Crippen molar-refractivity contribution in [3.8, 4) is 11.4 Å². The standard InChI is InChI=1S/C20H17N7O/c28-19-6-8-21-17-10-12(1-3-16(17)25-19)20-22-7-5-18(26-20)24-14-2-4-15-13(9-14)11-23-27-15/h1-5,7,9-11,21H,6,8H2,(H,23,27)(H,25,28)(H,22,24,26). The summed E-state index contributed by atoms with van der Waals surface area (Å²) in [7, 11) is 0. The van der Waals surface area contributed by atoms with Crippen LogP contribution in [0.2, 0.25) is 0 Å². The monoisotopic (exact) mass is 371 g/mol. The fourth-order valence-electron chi connectivity index (χ4n) is 3.20. The Labute approximate surface area is 160 Å².